The molecule has 2 aromatic heterocycles. The van der Waals surface area contributed by atoms with Crippen LogP contribution in [-0.2, 0) is 12.6 Å². The van der Waals surface area contributed by atoms with E-state index in [0.717, 1.165) is 9.69 Å². The van der Waals surface area contributed by atoms with Crippen LogP contribution >= 0.6 is 11.3 Å². The van der Waals surface area contributed by atoms with Crippen LogP contribution in [0.25, 0.3) is 11.4 Å². The molecule has 2 aromatic carbocycles. The van der Waals surface area contributed by atoms with E-state index in [2.05, 4.69) is 15.5 Å². The van der Waals surface area contributed by atoms with Crippen LogP contribution in [0.4, 0.5) is 23.7 Å². The zero-order valence-corrected chi connectivity index (χ0v) is 19.4. The number of benzene rings is 2. The number of alkyl halides is 3. The van der Waals surface area contributed by atoms with Crippen molar-refractivity contribution in [1.82, 2.24) is 19.6 Å². The van der Waals surface area contributed by atoms with Crippen LogP contribution in [0, 0.1) is 5.41 Å². The summed E-state index contributed by atoms with van der Waals surface area (Å²) in [7, 11) is 0. The molecule has 36 heavy (non-hydrogen) atoms. The van der Waals surface area contributed by atoms with Crippen LogP contribution in [0.5, 0.6) is 5.88 Å². The van der Waals surface area contributed by atoms with Gasteiger partial charge in [0.1, 0.15) is 5.01 Å². The molecule has 4 rings (SSSR count). The molecule has 10 nitrogen and oxygen atoms in total. The molecule has 0 radical (unpaired) electrons. The Bertz CT molecular complexity index is 1490. The predicted octanol–water partition coefficient (Wildman–Crippen LogP) is 3.89. The van der Waals surface area contributed by atoms with Gasteiger partial charge in [-0.3, -0.25) is 15.5 Å². The van der Waals surface area contributed by atoms with E-state index in [4.69, 9.17) is 15.9 Å². The summed E-state index contributed by atoms with van der Waals surface area (Å²) in [5.74, 6) is -1.31. The van der Waals surface area contributed by atoms with Gasteiger partial charge in [-0.05, 0) is 48.9 Å². The molecule has 0 aliphatic carbocycles. The van der Waals surface area contributed by atoms with Gasteiger partial charge in [-0.2, -0.15) is 28.1 Å². The minimum Gasteiger partial charge on any atom is -0.391 e. The first-order chi connectivity index (χ1) is 17.0. The van der Waals surface area contributed by atoms with Crippen molar-refractivity contribution in [3.8, 4) is 17.3 Å². The minimum absolute atomic E-state index is 0.0342. The molecule has 0 bridgehead atoms. The van der Waals surface area contributed by atoms with Gasteiger partial charge >= 0.3 is 12.3 Å². The summed E-state index contributed by atoms with van der Waals surface area (Å²) in [5, 5.41) is 19.0. The number of rotatable bonds is 6. The molecule has 0 aliphatic heterocycles. The summed E-state index contributed by atoms with van der Waals surface area (Å²) in [4.78, 5) is 24.2. The second-order valence-electron chi connectivity index (χ2n) is 7.32. The summed E-state index contributed by atoms with van der Waals surface area (Å²) in [6.45, 7) is 1.93. The number of nitrogens with zero attached hydrogens (tertiary/aromatic N) is 4. The standard InChI is InChI=1S/C22H18F3N7O3S/c1-2-17-30-32(20(27)36-17)14-8-6-13(7-9-14)28-21(34)35-18-11-16(22(23,24)25)29-31(18)15-5-3-4-12(10-15)19(26)33/h3-11,27H,2H2,1H3,(H2,26,33)(H,28,34). The van der Waals surface area contributed by atoms with Crippen molar-refractivity contribution in [3.05, 3.63) is 75.7 Å². The fraction of sp³-hybridized carbons (Fsp3) is 0.136. The van der Waals surface area contributed by atoms with E-state index in [9.17, 15) is 22.8 Å². The van der Waals surface area contributed by atoms with Crippen molar-refractivity contribution in [1.29, 1.82) is 5.41 Å². The van der Waals surface area contributed by atoms with Gasteiger partial charge in [0.05, 0.1) is 11.4 Å². The Kier molecular flexibility index (Phi) is 6.61. The number of amides is 2. The quantitative estimate of drug-likeness (QED) is 0.356. The highest BCUT2D eigenvalue weighted by Crippen LogP contribution is 2.32. The number of hydrogen-bond donors (Lipinski definition) is 3. The number of hydrogen-bond acceptors (Lipinski definition) is 7. The van der Waals surface area contributed by atoms with E-state index >= 15 is 0 Å². The third-order valence-electron chi connectivity index (χ3n) is 4.82. The predicted molar refractivity (Wildman–Crippen MR) is 123 cm³/mol. The van der Waals surface area contributed by atoms with Crippen molar-refractivity contribution in [2.24, 2.45) is 5.73 Å². The van der Waals surface area contributed by atoms with Crippen LogP contribution in [-0.4, -0.2) is 31.6 Å². The highest BCUT2D eigenvalue weighted by Gasteiger charge is 2.36. The lowest BCUT2D eigenvalue weighted by molar-refractivity contribution is -0.141. The van der Waals surface area contributed by atoms with Crippen molar-refractivity contribution in [2.75, 3.05) is 5.32 Å². The lowest BCUT2D eigenvalue weighted by atomic mass is 10.2. The SMILES string of the molecule is CCc1nn(-c2ccc(NC(=O)Oc3cc(C(F)(F)F)nn3-c3cccc(C(N)=O)c3)cc2)c(=N)s1. The normalized spacial score (nSPS) is 11.3. The molecular weight excluding hydrogens is 499 g/mol. The molecule has 4 N–H and O–H groups in total. The largest absolute Gasteiger partial charge is 0.435 e. The number of ether oxygens (including phenoxy) is 1. The second kappa shape index (κ2) is 9.65. The topological polar surface area (TPSA) is 141 Å². The first-order valence-corrected chi connectivity index (χ1v) is 11.2. The van der Waals surface area contributed by atoms with Crippen LogP contribution in [0.1, 0.15) is 28.0 Å². The Morgan fingerprint density at radius 3 is 2.42 bits per heavy atom. The molecule has 0 atom stereocenters. The molecule has 0 aliphatic rings. The number of halogens is 3. The van der Waals surface area contributed by atoms with Crippen LogP contribution in [0.15, 0.2) is 54.6 Å². The Balaban J connectivity index is 1.56. The second-order valence-corrected chi connectivity index (χ2v) is 8.38. The number of anilines is 1. The maximum Gasteiger partial charge on any atom is 0.435 e. The Hall–Kier alpha value is -4.46. The van der Waals surface area contributed by atoms with Crippen LogP contribution < -0.4 is 20.6 Å². The van der Waals surface area contributed by atoms with Gasteiger partial charge in [0.25, 0.3) is 0 Å². The van der Waals surface area contributed by atoms with Crippen molar-refractivity contribution >= 4 is 29.0 Å². The number of nitrogens with two attached hydrogens (primary N) is 1. The van der Waals surface area contributed by atoms with E-state index in [1.165, 1.54) is 52.4 Å². The van der Waals surface area contributed by atoms with Crippen molar-refractivity contribution in [2.45, 2.75) is 19.5 Å². The molecule has 4 aromatic rings. The average molecular weight is 517 g/mol. The summed E-state index contributed by atoms with van der Waals surface area (Å²) in [6, 6.07) is 12.3. The number of aryl methyl sites for hydroxylation is 1. The first-order valence-electron chi connectivity index (χ1n) is 10.4. The third kappa shape index (κ3) is 5.27. The molecular formula is C22H18F3N7O3S. The highest BCUT2D eigenvalue weighted by molar-refractivity contribution is 7.08. The maximum absolute atomic E-state index is 13.3. The zero-order chi connectivity index (χ0) is 26.0. The molecule has 2 amide bonds. The number of aromatic nitrogens is 4. The number of nitrogens with one attached hydrogen (secondary N) is 2. The summed E-state index contributed by atoms with van der Waals surface area (Å²) in [5.41, 5.74) is 4.90. The zero-order valence-electron chi connectivity index (χ0n) is 18.5. The molecule has 0 unspecified atom stereocenters. The van der Waals surface area contributed by atoms with E-state index < -0.39 is 29.8 Å². The third-order valence-corrected chi connectivity index (χ3v) is 5.79. The van der Waals surface area contributed by atoms with Crippen molar-refractivity contribution in [3.63, 3.8) is 0 Å². The van der Waals surface area contributed by atoms with Gasteiger partial charge in [0.15, 0.2) is 5.69 Å². The van der Waals surface area contributed by atoms with E-state index in [0.29, 0.717) is 23.9 Å². The molecule has 186 valence electrons. The average Bonchev–Trinajstić information content (AvgIpc) is 3.43. The van der Waals surface area contributed by atoms with Crippen LogP contribution in [0.2, 0.25) is 0 Å². The number of carbonyl (C=O) groups is 2. The van der Waals surface area contributed by atoms with E-state index in [-0.39, 0.29) is 16.1 Å². The Morgan fingerprint density at radius 2 is 1.81 bits per heavy atom. The lowest BCUT2D eigenvalue weighted by Crippen LogP contribution is -2.19. The minimum atomic E-state index is -4.81. The molecule has 2 heterocycles. The monoisotopic (exact) mass is 517 g/mol. The van der Waals surface area contributed by atoms with Gasteiger partial charge in [0.2, 0.25) is 16.6 Å². The van der Waals surface area contributed by atoms with Gasteiger partial charge in [-0.15, -0.1) is 0 Å². The fourth-order valence-corrected chi connectivity index (χ4v) is 3.85. The van der Waals surface area contributed by atoms with Gasteiger partial charge in [0, 0.05) is 17.3 Å². The van der Waals surface area contributed by atoms with Gasteiger partial charge in [-0.1, -0.05) is 24.3 Å². The highest BCUT2D eigenvalue weighted by atomic mass is 32.1. The lowest BCUT2D eigenvalue weighted by Gasteiger charge is -2.10. The number of carbonyl (C=O) groups excluding carboxylic acids is 2. The van der Waals surface area contributed by atoms with Crippen LogP contribution in [0.3, 0.4) is 0 Å². The molecule has 0 saturated carbocycles. The molecule has 0 fully saturated rings. The summed E-state index contributed by atoms with van der Waals surface area (Å²) in [6.07, 6.45) is -5.19. The summed E-state index contributed by atoms with van der Waals surface area (Å²) < 4.78 is 47.2. The molecule has 0 spiro atoms. The number of primary amides is 1. The van der Waals surface area contributed by atoms with E-state index in [1.807, 2.05) is 6.92 Å². The first kappa shape index (κ1) is 24.7. The van der Waals surface area contributed by atoms with Gasteiger partial charge in [-0.25, -0.2) is 9.48 Å². The Morgan fingerprint density at radius 1 is 1.08 bits per heavy atom. The van der Waals surface area contributed by atoms with E-state index in [1.54, 1.807) is 12.1 Å². The fourth-order valence-electron chi connectivity index (χ4n) is 3.13. The molecule has 0 saturated heterocycles. The van der Waals surface area contributed by atoms with Gasteiger partial charge < -0.3 is 10.5 Å². The Labute approximate surface area is 205 Å². The smallest absolute Gasteiger partial charge is 0.391 e. The maximum atomic E-state index is 13.3. The summed E-state index contributed by atoms with van der Waals surface area (Å²) >= 11 is 1.25. The molecule has 14 heteroatoms. The van der Waals surface area contributed by atoms with Crippen molar-refractivity contribution < 1.29 is 27.5 Å².